The van der Waals surface area contributed by atoms with Crippen molar-refractivity contribution < 1.29 is 9.53 Å². The molecule has 0 aromatic heterocycles. The van der Waals surface area contributed by atoms with Crippen LogP contribution in [0.2, 0.25) is 0 Å². The van der Waals surface area contributed by atoms with E-state index < -0.39 is 0 Å². The quantitative estimate of drug-likeness (QED) is 0.582. The van der Waals surface area contributed by atoms with Gasteiger partial charge in [-0.25, -0.2) is 0 Å². The van der Waals surface area contributed by atoms with E-state index >= 15 is 0 Å². The maximum atomic E-state index is 12.6. The number of fused-ring (bicyclic) bond motifs is 2. The second-order valence-corrected chi connectivity index (χ2v) is 9.04. The van der Waals surface area contributed by atoms with E-state index in [1.165, 1.54) is 12.8 Å². The predicted octanol–water partition coefficient (Wildman–Crippen LogP) is 5.29. The van der Waals surface area contributed by atoms with Crippen molar-refractivity contribution >= 4 is 5.91 Å². The van der Waals surface area contributed by atoms with Gasteiger partial charge in [-0.05, 0) is 73.7 Å². The van der Waals surface area contributed by atoms with E-state index in [4.69, 9.17) is 4.74 Å². The number of nitrogens with one attached hydrogen (secondary N) is 1. The van der Waals surface area contributed by atoms with Crippen LogP contribution in [-0.2, 0) is 6.54 Å². The van der Waals surface area contributed by atoms with Crippen molar-refractivity contribution in [2.45, 2.75) is 50.4 Å². The van der Waals surface area contributed by atoms with Crippen molar-refractivity contribution in [1.82, 2.24) is 10.2 Å². The molecule has 1 unspecified atom stereocenters. The van der Waals surface area contributed by atoms with E-state index in [1.54, 1.807) is 0 Å². The Balaban J connectivity index is 1.17. The zero-order chi connectivity index (χ0) is 21.9. The van der Waals surface area contributed by atoms with Crippen LogP contribution in [0.5, 0.6) is 5.75 Å². The summed E-state index contributed by atoms with van der Waals surface area (Å²) >= 11 is 0. The van der Waals surface area contributed by atoms with Gasteiger partial charge in [0, 0.05) is 24.2 Å². The maximum absolute atomic E-state index is 12.6. The summed E-state index contributed by atoms with van der Waals surface area (Å²) in [5.74, 6) is 0.834. The fourth-order valence-electron chi connectivity index (χ4n) is 5.11. The summed E-state index contributed by atoms with van der Waals surface area (Å²) in [6, 6.07) is 27.4. The summed E-state index contributed by atoms with van der Waals surface area (Å²) in [5, 5.41) is 3.03. The SMILES string of the molecule is CN1[C@@H]2CC[C@H]1CC(Oc1cccc(CNC(=O)c3ccc(-c4ccccc4)cc3)c1)C2. The Hall–Kier alpha value is -3.11. The first-order valence-corrected chi connectivity index (χ1v) is 11.6. The van der Waals surface area contributed by atoms with Crippen LogP contribution in [0.25, 0.3) is 11.1 Å². The highest BCUT2D eigenvalue weighted by atomic mass is 16.5. The first-order valence-electron chi connectivity index (χ1n) is 11.6. The highest BCUT2D eigenvalue weighted by molar-refractivity contribution is 5.94. The molecule has 2 saturated heterocycles. The molecular formula is C28H30N2O2. The zero-order valence-electron chi connectivity index (χ0n) is 18.5. The molecule has 4 nitrogen and oxygen atoms in total. The van der Waals surface area contributed by atoms with Crippen LogP contribution in [0.1, 0.15) is 41.6 Å². The lowest BCUT2D eigenvalue weighted by atomic mass is 10.0. The molecule has 2 bridgehead atoms. The minimum Gasteiger partial charge on any atom is -0.490 e. The van der Waals surface area contributed by atoms with Gasteiger partial charge in [-0.15, -0.1) is 0 Å². The van der Waals surface area contributed by atoms with Crippen LogP contribution in [-0.4, -0.2) is 36.0 Å². The topological polar surface area (TPSA) is 41.6 Å². The molecule has 3 aromatic carbocycles. The lowest BCUT2D eigenvalue weighted by Crippen LogP contribution is -2.43. The van der Waals surface area contributed by atoms with Gasteiger partial charge in [-0.3, -0.25) is 4.79 Å². The molecule has 0 radical (unpaired) electrons. The number of piperidine rings is 1. The van der Waals surface area contributed by atoms with Gasteiger partial charge in [0.1, 0.15) is 11.9 Å². The average Bonchev–Trinajstić information content (AvgIpc) is 3.04. The molecule has 1 amide bonds. The van der Waals surface area contributed by atoms with E-state index in [0.29, 0.717) is 24.2 Å². The van der Waals surface area contributed by atoms with Crippen molar-refractivity contribution in [3.8, 4) is 16.9 Å². The van der Waals surface area contributed by atoms with Crippen LogP contribution in [0.4, 0.5) is 0 Å². The van der Waals surface area contributed by atoms with E-state index in [1.807, 2.05) is 60.7 Å². The minimum absolute atomic E-state index is 0.0668. The number of carbonyl (C=O) groups is 1. The van der Waals surface area contributed by atoms with E-state index in [2.05, 4.69) is 35.5 Å². The van der Waals surface area contributed by atoms with Gasteiger partial charge in [0.05, 0.1) is 0 Å². The molecule has 3 aromatic rings. The van der Waals surface area contributed by atoms with Crippen molar-refractivity contribution in [3.05, 3.63) is 90.0 Å². The Labute approximate surface area is 190 Å². The van der Waals surface area contributed by atoms with E-state index in [0.717, 1.165) is 35.3 Å². The summed E-state index contributed by atoms with van der Waals surface area (Å²) in [5.41, 5.74) is 3.97. The third kappa shape index (κ3) is 4.56. The van der Waals surface area contributed by atoms with Gasteiger partial charge in [0.25, 0.3) is 5.91 Å². The van der Waals surface area contributed by atoms with Gasteiger partial charge in [-0.2, -0.15) is 0 Å². The second-order valence-electron chi connectivity index (χ2n) is 9.04. The number of amides is 1. The van der Waals surface area contributed by atoms with Gasteiger partial charge < -0.3 is 15.0 Å². The fourth-order valence-corrected chi connectivity index (χ4v) is 5.11. The van der Waals surface area contributed by atoms with Gasteiger partial charge >= 0.3 is 0 Å². The minimum atomic E-state index is -0.0668. The second kappa shape index (κ2) is 9.17. The van der Waals surface area contributed by atoms with Crippen LogP contribution in [0.3, 0.4) is 0 Å². The van der Waals surface area contributed by atoms with Crippen LogP contribution >= 0.6 is 0 Å². The molecule has 2 aliphatic rings. The molecule has 2 fully saturated rings. The van der Waals surface area contributed by atoms with E-state index in [-0.39, 0.29) is 12.0 Å². The molecule has 0 spiro atoms. The Bertz CT molecular complexity index is 1050. The molecule has 32 heavy (non-hydrogen) atoms. The number of hydrogen-bond acceptors (Lipinski definition) is 3. The fraction of sp³-hybridized carbons (Fsp3) is 0.321. The summed E-state index contributed by atoms with van der Waals surface area (Å²) in [6.07, 6.45) is 5.08. The summed E-state index contributed by atoms with van der Waals surface area (Å²) in [6.45, 7) is 0.481. The normalized spacial score (nSPS) is 22.5. The zero-order valence-corrected chi connectivity index (χ0v) is 18.5. The molecule has 2 heterocycles. The number of hydrogen-bond donors (Lipinski definition) is 1. The molecular weight excluding hydrogens is 396 g/mol. The molecule has 0 saturated carbocycles. The van der Waals surface area contributed by atoms with Crippen LogP contribution in [0, 0.1) is 0 Å². The number of ether oxygens (including phenoxy) is 1. The third-order valence-electron chi connectivity index (χ3n) is 6.96. The standard InChI is InChI=1S/C28H30N2O2/c1-30-24-14-15-25(30)18-27(17-24)32-26-9-5-6-20(16-26)19-29-28(31)23-12-10-22(11-13-23)21-7-3-2-4-8-21/h2-13,16,24-25,27H,14-15,17-19H2,1H3,(H,29,31)/t24-,25+,27?. The average molecular weight is 427 g/mol. The third-order valence-corrected chi connectivity index (χ3v) is 6.96. The number of rotatable bonds is 6. The van der Waals surface area contributed by atoms with Crippen molar-refractivity contribution in [1.29, 1.82) is 0 Å². The largest absolute Gasteiger partial charge is 0.490 e. The maximum Gasteiger partial charge on any atom is 0.251 e. The number of benzene rings is 3. The Morgan fingerprint density at radius 1 is 0.906 bits per heavy atom. The van der Waals surface area contributed by atoms with Gasteiger partial charge in [-0.1, -0.05) is 54.6 Å². The molecule has 3 atom stereocenters. The smallest absolute Gasteiger partial charge is 0.251 e. The van der Waals surface area contributed by atoms with Crippen LogP contribution in [0.15, 0.2) is 78.9 Å². The van der Waals surface area contributed by atoms with Crippen molar-refractivity contribution in [2.24, 2.45) is 0 Å². The monoisotopic (exact) mass is 426 g/mol. The molecule has 4 heteroatoms. The van der Waals surface area contributed by atoms with E-state index in [9.17, 15) is 4.79 Å². The number of carbonyl (C=O) groups excluding carboxylic acids is 1. The summed E-state index contributed by atoms with van der Waals surface area (Å²) in [4.78, 5) is 15.2. The first-order chi connectivity index (χ1) is 15.7. The Morgan fingerprint density at radius 2 is 1.59 bits per heavy atom. The van der Waals surface area contributed by atoms with Crippen molar-refractivity contribution in [2.75, 3.05) is 7.05 Å². The summed E-state index contributed by atoms with van der Waals surface area (Å²) < 4.78 is 6.33. The molecule has 2 aliphatic heterocycles. The molecule has 5 rings (SSSR count). The Kier molecular flexibility index (Phi) is 5.95. The highest BCUT2D eigenvalue weighted by Gasteiger charge is 2.39. The molecule has 164 valence electrons. The van der Waals surface area contributed by atoms with Gasteiger partial charge in [0.15, 0.2) is 0 Å². The lowest BCUT2D eigenvalue weighted by Gasteiger charge is -2.36. The summed E-state index contributed by atoms with van der Waals surface area (Å²) in [7, 11) is 2.25. The predicted molar refractivity (Wildman–Crippen MR) is 128 cm³/mol. The molecule has 0 aliphatic carbocycles. The lowest BCUT2D eigenvalue weighted by molar-refractivity contribution is 0.0661. The number of nitrogens with zero attached hydrogens (tertiary/aromatic N) is 1. The Morgan fingerprint density at radius 3 is 2.31 bits per heavy atom. The van der Waals surface area contributed by atoms with Crippen LogP contribution < -0.4 is 10.1 Å². The first kappa shape index (κ1) is 20.8. The molecule has 1 N–H and O–H groups in total. The highest BCUT2D eigenvalue weighted by Crippen LogP contribution is 2.36. The van der Waals surface area contributed by atoms with Gasteiger partial charge in [0.2, 0.25) is 0 Å². The van der Waals surface area contributed by atoms with Crippen molar-refractivity contribution in [3.63, 3.8) is 0 Å².